The molecule has 0 aliphatic carbocycles. The lowest BCUT2D eigenvalue weighted by molar-refractivity contribution is -0.144. The fourth-order valence-corrected chi connectivity index (χ4v) is 1.85. The second-order valence-corrected chi connectivity index (χ2v) is 4.70. The van der Waals surface area contributed by atoms with Crippen LogP contribution < -0.4 is 5.48 Å². The minimum absolute atomic E-state index is 0.415. The minimum atomic E-state index is -0.415. The van der Waals surface area contributed by atoms with Gasteiger partial charge in [0.25, 0.3) is 0 Å². The summed E-state index contributed by atoms with van der Waals surface area (Å²) in [6, 6.07) is 0. The Morgan fingerprint density at radius 3 is 2.00 bits per heavy atom. The average Bonchev–Trinajstić information content (AvgIpc) is 2.39. The van der Waals surface area contributed by atoms with E-state index in [9.17, 15) is 4.79 Å². The number of carbonyl (C=O) groups is 1. The quantitative estimate of drug-likeness (QED) is 0.305. The highest BCUT2D eigenvalue weighted by molar-refractivity contribution is 5.80. The predicted molar refractivity (Wildman–Crippen MR) is 76.1 cm³/mol. The van der Waals surface area contributed by atoms with E-state index in [1.807, 2.05) is 0 Å². The molecule has 0 aromatic carbocycles. The summed E-state index contributed by atoms with van der Waals surface area (Å²) in [7, 11) is 0. The summed E-state index contributed by atoms with van der Waals surface area (Å²) < 4.78 is 0. The van der Waals surface area contributed by atoms with E-state index < -0.39 is 5.97 Å². The van der Waals surface area contributed by atoms with Gasteiger partial charge in [0.15, 0.2) is 0 Å². The number of hydrogen-bond acceptors (Lipinski definition) is 3. The van der Waals surface area contributed by atoms with Crippen LogP contribution in [-0.2, 0) is 9.63 Å². The third-order valence-corrected chi connectivity index (χ3v) is 2.97. The second-order valence-electron chi connectivity index (χ2n) is 4.70. The van der Waals surface area contributed by atoms with Crippen molar-refractivity contribution in [2.45, 2.75) is 71.1 Å². The molecule has 3 nitrogen and oxygen atoms in total. The van der Waals surface area contributed by atoms with Crippen molar-refractivity contribution in [3.8, 4) is 0 Å². The average molecular weight is 255 g/mol. The van der Waals surface area contributed by atoms with Crippen LogP contribution in [0.1, 0.15) is 71.1 Å². The van der Waals surface area contributed by atoms with Gasteiger partial charge in [0.1, 0.15) is 0 Å². The first-order valence-corrected chi connectivity index (χ1v) is 7.37. The van der Waals surface area contributed by atoms with Gasteiger partial charge in [-0.05, 0) is 6.42 Å². The number of unbranched alkanes of at least 4 members (excludes halogenated alkanes) is 9. The highest BCUT2D eigenvalue weighted by Gasteiger charge is 1.95. The zero-order chi connectivity index (χ0) is 13.5. The van der Waals surface area contributed by atoms with Gasteiger partial charge in [0.05, 0.1) is 0 Å². The van der Waals surface area contributed by atoms with Gasteiger partial charge in [-0.25, -0.2) is 4.79 Å². The van der Waals surface area contributed by atoms with Gasteiger partial charge >= 0.3 is 5.97 Å². The Labute approximate surface area is 112 Å². The number of hydroxylamine groups is 1. The van der Waals surface area contributed by atoms with E-state index in [0.29, 0.717) is 0 Å². The summed E-state index contributed by atoms with van der Waals surface area (Å²) in [5.74, 6) is -0.415. The lowest BCUT2D eigenvalue weighted by Gasteiger charge is -2.04. The maximum Gasteiger partial charge on any atom is 0.348 e. The van der Waals surface area contributed by atoms with Crippen LogP contribution in [0.4, 0.5) is 0 Å². The summed E-state index contributed by atoms with van der Waals surface area (Å²) >= 11 is 0. The maximum absolute atomic E-state index is 10.7. The topological polar surface area (TPSA) is 38.3 Å². The van der Waals surface area contributed by atoms with Crippen molar-refractivity contribution in [2.24, 2.45) is 0 Å². The molecule has 18 heavy (non-hydrogen) atoms. The van der Waals surface area contributed by atoms with Crippen molar-refractivity contribution in [2.75, 3.05) is 6.54 Å². The maximum atomic E-state index is 10.7. The Kier molecular flexibility index (Phi) is 13.6. The number of carbonyl (C=O) groups excluding carboxylic acids is 1. The summed E-state index contributed by atoms with van der Waals surface area (Å²) in [6.45, 7) is 6.30. The van der Waals surface area contributed by atoms with E-state index >= 15 is 0 Å². The van der Waals surface area contributed by atoms with Gasteiger partial charge in [0, 0.05) is 12.6 Å². The van der Waals surface area contributed by atoms with Gasteiger partial charge in [0.2, 0.25) is 0 Å². The molecule has 106 valence electrons. The molecule has 0 amide bonds. The monoisotopic (exact) mass is 255 g/mol. The van der Waals surface area contributed by atoms with E-state index in [4.69, 9.17) is 0 Å². The molecule has 0 atom stereocenters. The third-order valence-electron chi connectivity index (χ3n) is 2.97. The van der Waals surface area contributed by atoms with Crippen LogP contribution in [0.3, 0.4) is 0 Å². The normalized spacial score (nSPS) is 10.3. The minimum Gasteiger partial charge on any atom is -0.367 e. The van der Waals surface area contributed by atoms with Gasteiger partial charge < -0.3 is 4.84 Å². The smallest absolute Gasteiger partial charge is 0.348 e. The summed E-state index contributed by atoms with van der Waals surface area (Å²) in [5, 5.41) is 0. The number of rotatable bonds is 13. The van der Waals surface area contributed by atoms with E-state index in [1.165, 1.54) is 57.8 Å². The van der Waals surface area contributed by atoms with E-state index in [1.54, 1.807) is 0 Å². The molecule has 0 saturated heterocycles. The second kappa shape index (κ2) is 14.2. The Balaban J connectivity index is 2.98. The first-order chi connectivity index (χ1) is 8.81. The largest absolute Gasteiger partial charge is 0.367 e. The molecule has 0 aromatic rings. The first-order valence-electron chi connectivity index (χ1n) is 7.37. The highest BCUT2D eigenvalue weighted by atomic mass is 16.7. The van der Waals surface area contributed by atoms with Crippen molar-refractivity contribution in [1.82, 2.24) is 5.48 Å². The van der Waals surface area contributed by atoms with Crippen LogP contribution in [-0.4, -0.2) is 12.5 Å². The summed E-state index contributed by atoms with van der Waals surface area (Å²) in [5.41, 5.74) is 2.64. The molecule has 0 fully saturated rings. The molecule has 0 aromatic heterocycles. The molecule has 0 unspecified atom stereocenters. The number of nitrogens with one attached hydrogen (secondary N) is 1. The molecule has 3 heteroatoms. The van der Waals surface area contributed by atoms with Crippen molar-refractivity contribution >= 4 is 5.97 Å². The predicted octanol–water partition coefficient (Wildman–Crippen LogP) is 4.14. The van der Waals surface area contributed by atoms with Crippen molar-refractivity contribution in [1.29, 1.82) is 0 Å². The SMILES string of the molecule is C=CC(=O)ONCCCCCCCCCCCC. The molecule has 0 saturated carbocycles. The zero-order valence-corrected chi connectivity index (χ0v) is 11.9. The lowest BCUT2D eigenvalue weighted by Crippen LogP contribution is -2.19. The van der Waals surface area contributed by atoms with Gasteiger partial charge in [-0.15, -0.1) is 0 Å². The van der Waals surface area contributed by atoms with Crippen LogP contribution in [0.2, 0.25) is 0 Å². The molecular weight excluding hydrogens is 226 g/mol. The van der Waals surface area contributed by atoms with Gasteiger partial charge in [-0.3, -0.25) is 0 Å². The Bertz CT molecular complexity index is 205. The fraction of sp³-hybridized carbons (Fsp3) is 0.800. The Hall–Kier alpha value is -0.830. The molecule has 0 heterocycles. The van der Waals surface area contributed by atoms with Crippen LogP contribution in [0.5, 0.6) is 0 Å². The summed E-state index contributed by atoms with van der Waals surface area (Å²) in [4.78, 5) is 15.4. The van der Waals surface area contributed by atoms with E-state index in [0.717, 1.165) is 19.0 Å². The molecule has 0 radical (unpaired) electrons. The lowest BCUT2D eigenvalue weighted by atomic mass is 10.1. The molecule has 0 spiro atoms. The van der Waals surface area contributed by atoms with Crippen molar-refractivity contribution < 1.29 is 9.63 Å². The van der Waals surface area contributed by atoms with Crippen LogP contribution in [0.15, 0.2) is 12.7 Å². The third kappa shape index (κ3) is 13.2. The Morgan fingerprint density at radius 1 is 1.00 bits per heavy atom. The van der Waals surface area contributed by atoms with Gasteiger partial charge in [-0.2, -0.15) is 5.48 Å². The molecule has 0 aliphatic rings. The van der Waals surface area contributed by atoms with Crippen molar-refractivity contribution in [3.63, 3.8) is 0 Å². The van der Waals surface area contributed by atoms with Crippen molar-refractivity contribution in [3.05, 3.63) is 12.7 Å². The van der Waals surface area contributed by atoms with Crippen LogP contribution in [0.25, 0.3) is 0 Å². The van der Waals surface area contributed by atoms with E-state index in [-0.39, 0.29) is 0 Å². The molecule has 1 N–H and O–H groups in total. The molecular formula is C15H29NO2. The van der Waals surface area contributed by atoms with Crippen LogP contribution in [0, 0.1) is 0 Å². The number of hydrogen-bond donors (Lipinski definition) is 1. The molecule has 0 bridgehead atoms. The highest BCUT2D eigenvalue weighted by Crippen LogP contribution is 2.10. The standard InChI is InChI=1S/C15H29NO2/c1-3-5-6-7-8-9-10-11-12-13-14-16-18-15(17)4-2/h4,16H,2-3,5-14H2,1H3. The fourth-order valence-electron chi connectivity index (χ4n) is 1.85. The Morgan fingerprint density at radius 2 is 1.50 bits per heavy atom. The molecule has 0 aliphatic heterocycles. The van der Waals surface area contributed by atoms with Crippen LogP contribution >= 0.6 is 0 Å². The van der Waals surface area contributed by atoms with Gasteiger partial charge in [-0.1, -0.05) is 71.3 Å². The zero-order valence-electron chi connectivity index (χ0n) is 11.9. The first kappa shape index (κ1) is 17.2. The van der Waals surface area contributed by atoms with E-state index in [2.05, 4.69) is 23.8 Å². The summed E-state index contributed by atoms with van der Waals surface area (Å²) in [6.07, 6.45) is 14.3. The molecule has 0 rings (SSSR count).